The van der Waals surface area contributed by atoms with Crippen molar-refractivity contribution in [1.82, 2.24) is 24.5 Å². The summed E-state index contributed by atoms with van der Waals surface area (Å²) in [6.07, 6.45) is 7.13. The van der Waals surface area contributed by atoms with Gasteiger partial charge in [0.2, 0.25) is 0 Å². The molecule has 0 amide bonds. The molecular weight excluding hydrogens is 362 g/mol. The van der Waals surface area contributed by atoms with Gasteiger partial charge in [0.15, 0.2) is 5.65 Å². The lowest BCUT2D eigenvalue weighted by molar-refractivity contribution is 0.263. The van der Waals surface area contributed by atoms with Crippen molar-refractivity contribution in [3.05, 3.63) is 36.7 Å². The fraction of sp³-hybridized carbons (Fsp3) is 0.500. The first kappa shape index (κ1) is 19.6. The molecule has 1 aliphatic heterocycles. The summed E-state index contributed by atoms with van der Waals surface area (Å²) in [5, 5.41) is 11.8. The number of imidazole rings is 1. The van der Waals surface area contributed by atoms with E-state index in [2.05, 4.69) is 52.5 Å². The van der Waals surface area contributed by atoms with Crippen LogP contribution in [0.25, 0.3) is 16.9 Å². The molecule has 0 aromatic carbocycles. The number of fused-ring (bicyclic) bond motifs is 1. The molecule has 0 atom stereocenters. The van der Waals surface area contributed by atoms with Crippen LogP contribution in [0.3, 0.4) is 0 Å². The topological polar surface area (TPSA) is 70.4 Å². The zero-order valence-electron chi connectivity index (χ0n) is 17.6. The summed E-state index contributed by atoms with van der Waals surface area (Å²) in [5.41, 5.74) is 2.88. The summed E-state index contributed by atoms with van der Waals surface area (Å²) < 4.78 is 1.92. The lowest BCUT2D eigenvalue weighted by Crippen LogP contribution is -2.36. The largest absolute Gasteiger partial charge is 0.370 e. The summed E-state index contributed by atoms with van der Waals surface area (Å²) in [4.78, 5) is 11.4. The molecule has 154 valence electrons. The van der Waals surface area contributed by atoms with Crippen molar-refractivity contribution in [2.75, 3.05) is 37.3 Å². The Balaban J connectivity index is 1.53. The standard InChI is InChI=1S/C22H31N7/c1-16(2)6-10-23-21-14-17(7-11-24-21)19-15-25-22-5-4-20(27-29(19)22)26-18-8-12-28(3)13-9-18/h4-5,7,11,14-16,18H,6,8-10,12-13H2,1-3H3,(H,23,24)(H,26,27). The molecule has 29 heavy (non-hydrogen) atoms. The van der Waals surface area contributed by atoms with Crippen molar-refractivity contribution < 1.29 is 0 Å². The maximum absolute atomic E-state index is 4.83. The van der Waals surface area contributed by atoms with Crippen LogP contribution in [0.15, 0.2) is 36.7 Å². The Hall–Kier alpha value is -2.67. The van der Waals surface area contributed by atoms with E-state index in [4.69, 9.17) is 5.10 Å². The number of nitrogens with zero attached hydrogens (tertiary/aromatic N) is 5. The van der Waals surface area contributed by atoms with Crippen LogP contribution >= 0.6 is 0 Å². The van der Waals surface area contributed by atoms with Crippen molar-refractivity contribution >= 4 is 17.3 Å². The molecule has 1 saturated heterocycles. The molecule has 3 aromatic rings. The number of piperidine rings is 1. The van der Waals surface area contributed by atoms with Gasteiger partial charge in [-0.1, -0.05) is 13.8 Å². The minimum atomic E-state index is 0.473. The van der Waals surface area contributed by atoms with E-state index in [-0.39, 0.29) is 0 Å². The van der Waals surface area contributed by atoms with E-state index in [9.17, 15) is 0 Å². The maximum Gasteiger partial charge on any atom is 0.154 e. The predicted molar refractivity (Wildman–Crippen MR) is 118 cm³/mol. The second-order valence-electron chi connectivity index (χ2n) is 8.39. The number of likely N-dealkylation sites (tertiary alicyclic amines) is 1. The Kier molecular flexibility index (Phi) is 5.94. The van der Waals surface area contributed by atoms with E-state index >= 15 is 0 Å². The van der Waals surface area contributed by atoms with Gasteiger partial charge in [-0.25, -0.2) is 14.5 Å². The van der Waals surface area contributed by atoms with Crippen LogP contribution in [0.1, 0.15) is 33.1 Å². The summed E-state index contributed by atoms with van der Waals surface area (Å²) in [6.45, 7) is 7.63. The van der Waals surface area contributed by atoms with E-state index in [1.807, 2.05) is 35.1 Å². The van der Waals surface area contributed by atoms with E-state index in [0.717, 1.165) is 67.4 Å². The molecule has 0 aliphatic carbocycles. The highest BCUT2D eigenvalue weighted by Gasteiger charge is 2.17. The monoisotopic (exact) mass is 393 g/mol. The SMILES string of the molecule is CC(C)CCNc1cc(-c2cnc3ccc(NC4CCN(C)CC4)nn23)ccn1. The van der Waals surface area contributed by atoms with Crippen molar-refractivity contribution in [1.29, 1.82) is 0 Å². The van der Waals surface area contributed by atoms with Gasteiger partial charge in [-0.2, -0.15) is 0 Å². The quantitative estimate of drug-likeness (QED) is 0.637. The fourth-order valence-corrected chi connectivity index (χ4v) is 3.68. The van der Waals surface area contributed by atoms with Gasteiger partial charge in [-0.15, -0.1) is 5.10 Å². The number of anilines is 2. The molecule has 0 radical (unpaired) electrons. The third-order valence-corrected chi connectivity index (χ3v) is 5.52. The Morgan fingerprint density at radius 3 is 2.72 bits per heavy atom. The number of aromatic nitrogens is 4. The molecule has 7 heteroatoms. The van der Waals surface area contributed by atoms with Crippen LogP contribution in [0.5, 0.6) is 0 Å². The summed E-state index contributed by atoms with van der Waals surface area (Å²) in [7, 11) is 2.18. The molecule has 0 spiro atoms. The van der Waals surface area contributed by atoms with Gasteiger partial charge < -0.3 is 15.5 Å². The minimum Gasteiger partial charge on any atom is -0.370 e. The lowest BCUT2D eigenvalue weighted by Gasteiger charge is -2.29. The second-order valence-corrected chi connectivity index (χ2v) is 8.39. The molecule has 2 N–H and O–H groups in total. The van der Waals surface area contributed by atoms with E-state index in [1.165, 1.54) is 0 Å². The summed E-state index contributed by atoms with van der Waals surface area (Å²) >= 11 is 0. The van der Waals surface area contributed by atoms with Crippen molar-refractivity contribution in [2.45, 2.75) is 39.2 Å². The van der Waals surface area contributed by atoms with E-state index < -0.39 is 0 Å². The zero-order chi connectivity index (χ0) is 20.2. The second kappa shape index (κ2) is 8.78. The molecule has 4 heterocycles. The fourth-order valence-electron chi connectivity index (χ4n) is 3.68. The van der Waals surface area contributed by atoms with Crippen LogP contribution in [-0.4, -0.2) is 57.2 Å². The highest BCUT2D eigenvalue weighted by atomic mass is 15.3. The number of hydrogen-bond acceptors (Lipinski definition) is 6. The number of nitrogens with one attached hydrogen (secondary N) is 2. The number of rotatable bonds is 7. The van der Waals surface area contributed by atoms with Gasteiger partial charge in [-0.3, -0.25) is 0 Å². The number of hydrogen-bond donors (Lipinski definition) is 2. The van der Waals surface area contributed by atoms with Crippen LogP contribution < -0.4 is 10.6 Å². The first-order valence-electron chi connectivity index (χ1n) is 10.6. The molecule has 1 aliphatic rings. The van der Waals surface area contributed by atoms with Crippen LogP contribution in [0.2, 0.25) is 0 Å². The summed E-state index contributed by atoms with van der Waals surface area (Å²) in [5.74, 6) is 2.46. The van der Waals surface area contributed by atoms with Gasteiger partial charge >= 0.3 is 0 Å². The Morgan fingerprint density at radius 1 is 1.10 bits per heavy atom. The smallest absolute Gasteiger partial charge is 0.154 e. The molecule has 4 rings (SSSR count). The first-order chi connectivity index (χ1) is 14.1. The number of pyridine rings is 1. The van der Waals surface area contributed by atoms with E-state index in [0.29, 0.717) is 12.0 Å². The maximum atomic E-state index is 4.83. The normalized spacial score (nSPS) is 15.9. The molecule has 7 nitrogen and oxygen atoms in total. The molecule has 0 bridgehead atoms. The van der Waals surface area contributed by atoms with Gasteiger partial charge in [0.25, 0.3) is 0 Å². The summed E-state index contributed by atoms with van der Waals surface area (Å²) in [6, 6.07) is 8.60. The third-order valence-electron chi connectivity index (χ3n) is 5.52. The average Bonchev–Trinajstić information content (AvgIpc) is 3.13. The molecular formula is C22H31N7. The van der Waals surface area contributed by atoms with Gasteiger partial charge in [0.05, 0.1) is 11.9 Å². The molecule has 3 aromatic heterocycles. The van der Waals surface area contributed by atoms with Crippen molar-refractivity contribution in [2.24, 2.45) is 5.92 Å². The zero-order valence-corrected chi connectivity index (χ0v) is 17.6. The van der Waals surface area contributed by atoms with Crippen LogP contribution in [0, 0.1) is 5.92 Å². The van der Waals surface area contributed by atoms with E-state index in [1.54, 1.807) is 0 Å². The molecule has 0 saturated carbocycles. The van der Waals surface area contributed by atoms with Crippen molar-refractivity contribution in [3.8, 4) is 11.3 Å². The minimum absolute atomic E-state index is 0.473. The first-order valence-corrected chi connectivity index (χ1v) is 10.6. The molecule has 0 unspecified atom stereocenters. The van der Waals surface area contributed by atoms with Gasteiger partial charge in [-0.05, 0) is 69.6 Å². The highest BCUT2D eigenvalue weighted by Crippen LogP contribution is 2.23. The highest BCUT2D eigenvalue weighted by molar-refractivity contribution is 5.66. The predicted octanol–water partition coefficient (Wildman–Crippen LogP) is 3.76. The Bertz CT molecular complexity index is 941. The van der Waals surface area contributed by atoms with Gasteiger partial charge in [0.1, 0.15) is 11.6 Å². The van der Waals surface area contributed by atoms with Crippen LogP contribution in [-0.2, 0) is 0 Å². The van der Waals surface area contributed by atoms with Crippen LogP contribution in [0.4, 0.5) is 11.6 Å². The molecule has 1 fully saturated rings. The third kappa shape index (κ3) is 4.85. The average molecular weight is 394 g/mol. The van der Waals surface area contributed by atoms with Gasteiger partial charge in [0, 0.05) is 24.3 Å². The van der Waals surface area contributed by atoms with Crippen molar-refractivity contribution in [3.63, 3.8) is 0 Å². The lowest BCUT2D eigenvalue weighted by atomic mass is 10.1. The Morgan fingerprint density at radius 2 is 1.93 bits per heavy atom. The Labute approximate surface area is 172 Å².